The van der Waals surface area contributed by atoms with Crippen LogP contribution in [0, 0.1) is 0 Å². The molecule has 0 fully saturated rings. The van der Waals surface area contributed by atoms with Gasteiger partial charge in [-0.3, -0.25) is 0 Å². The van der Waals surface area contributed by atoms with Crippen molar-refractivity contribution in [3.63, 3.8) is 0 Å². The molecule has 0 unspecified atom stereocenters. The average molecular weight is 355 g/mol. The maximum absolute atomic E-state index is 12.1. The van der Waals surface area contributed by atoms with Crippen LogP contribution in [-0.2, 0) is 9.53 Å². The zero-order valence-corrected chi connectivity index (χ0v) is 15.0. The Morgan fingerprint density at radius 3 is 2.52 bits per heavy atom. The average Bonchev–Trinajstić information content (AvgIpc) is 2.98. The van der Waals surface area contributed by atoms with Crippen LogP contribution in [0.25, 0.3) is 6.08 Å². The number of carbonyl (C=O) groups is 1. The van der Waals surface area contributed by atoms with Crippen LogP contribution in [0.2, 0.25) is 5.02 Å². The number of ether oxygens (including phenoxy) is 1. The van der Waals surface area contributed by atoms with Crippen molar-refractivity contribution < 1.29 is 9.53 Å². The molecule has 128 valence electrons. The summed E-state index contributed by atoms with van der Waals surface area (Å²) in [7, 11) is 0. The van der Waals surface area contributed by atoms with Crippen LogP contribution in [0.15, 0.2) is 59.2 Å². The van der Waals surface area contributed by atoms with E-state index in [4.69, 9.17) is 16.3 Å². The summed E-state index contributed by atoms with van der Waals surface area (Å²) in [6.07, 6.45) is 1.75. The maximum Gasteiger partial charge on any atom is 0.363 e. The number of hydrogen-bond acceptors (Lipinski definition) is 4. The third-order valence-electron chi connectivity index (χ3n) is 4.01. The van der Waals surface area contributed by atoms with E-state index in [1.807, 2.05) is 18.2 Å². The molecular weight excluding hydrogens is 336 g/mol. The van der Waals surface area contributed by atoms with Gasteiger partial charge in [0, 0.05) is 29.4 Å². The molecule has 0 N–H and O–H groups in total. The first-order chi connectivity index (χ1) is 12.1. The fourth-order valence-electron chi connectivity index (χ4n) is 2.68. The van der Waals surface area contributed by atoms with E-state index in [0.29, 0.717) is 16.6 Å². The van der Waals surface area contributed by atoms with E-state index in [-0.39, 0.29) is 0 Å². The van der Waals surface area contributed by atoms with E-state index in [0.717, 1.165) is 29.9 Å². The van der Waals surface area contributed by atoms with Crippen molar-refractivity contribution in [2.24, 2.45) is 4.99 Å². The Hall–Kier alpha value is -2.59. The highest BCUT2D eigenvalue weighted by molar-refractivity contribution is 6.30. The third-order valence-corrected chi connectivity index (χ3v) is 4.27. The Balaban J connectivity index is 1.89. The number of halogens is 1. The molecule has 0 atom stereocenters. The van der Waals surface area contributed by atoms with Gasteiger partial charge in [-0.05, 0) is 61.9 Å². The zero-order valence-electron chi connectivity index (χ0n) is 14.2. The largest absolute Gasteiger partial charge is 0.402 e. The molecule has 1 aliphatic heterocycles. The Kier molecular flexibility index (Phi) is 5.19. The predicted molar refractivity (Wildman–Crippen MR) is 102 cm³/mol. The second kappa shape index (κ2) is 7.53. The van der Waals surface area contributed by atoms with Crippen molar-refractivity contribution in [2.75, 3.05) is 18.0 Å². The summed E-state index contributed by atoms with van der Waals surface area (Å²) in [6, 6.07) is 15.1. The first-order valence-corrected chi connectivity index (χ1v) is 8.62. The predicted octanol–water partition coefficient (Wildman–Crippen LogP) is 4.53. The fraction of sp³-hybridized carbons (Fsp3) is 0.200. The second-order valence-corrected chi connectivity index (χ2v) is 6.05. The number of esters is 1. The topological polar surface area (TPSA) is 41.9 Å². The molecule has 4 nitrogen and oxygen atoms in total. The van der Waals surface area contributed by atoms with E-state index >= 15 is 0 Å². The van der Waals surface area contributed by atoms with Gasteiger partial charge in [-0.1, -0.05) is 23.7 Å². The molecule has 2 aromatic rings. The molecule has 0 aromatic heterocycles. The van der Waals surface area contributed by atoms with Gasteiger partial charge in [0.2, 0.25) is 5.90 Å². The van der Waals surface area contributed by atoms with Crippen LogP contribution in [0.1, 0.15) is 25.0 Å². The minimum Gasteiger partial charge on any atom is -0.402 e. The SMILES string of the molecule is CCN(CC)c1cccc(/C=C2\N=C(c3ccc(Cl)cc3)OC2=O)c1. The number of carbonyl (C=O) groups excluding carboxylic acids is 1. The second-order valence-electron chi connectivity index (χ2n) is 5.61. The zero-order chi connectivity index (χ0) is 17.8. The third kappa shape index (κ3) is 3.91. The van der Waals surface area contributed by atoms with Crippen LogP contribution in [0.3, 0.4) is 0 Å². The molecule has 3 rings (SSSR count). The molecule has 0 aliphatic carbocycles. The fourth-order valence-corrected chi connectivity index (χ4v) is 2.81. The van der Waals surface area contributed by atoms with Gasteiger partial charge in [0.05, 0.1) is 0 Å². The molecule has 0 radical (unpaired) electrons. The minimum absolute atomic E-state index is 0.293. The molecular formula is C20H19ClN2O2. The first-order valence-electron chi connectivity index (χ1n) is 8.24. The van der Waals surface area contributed by atoms with E-state index in [9.17, 15) is 4.79 Å². The Bertz CT molecular complexity index is 837. The van der Waals surface area contributed by atoms with Gasteiger partial charge in [0.15, 0.2) is 5.70 Å². The summed E-state index contributed by atoms with van der Waals surface area (Å²) in [4.78, 5) is 18.7. The lowest BCUT2D eigenvalue weighted by molar-refractivity contribution is -0.129. The molecule has 2 aromatic carbocycles. The standard InChI is InChI=1S/C20H19ClN2O2/c1-3-23(4-2)17-7-5-6-14(12-17)13-18-20(24)25-19(22-18)15-8-10-16(21)11-9-15/h5-13H,3-4H2,1-2H3/b18-13-. The Labute approximate surface area is 152 Å². The summed E-state index contributed by atoms with van der Waals surface area (Å²) < 4.78 is 5.28. The van der Waals surface area contributed by atoms with Crippen LogP contribution >= 0.6 is 11.6 Å². The van der Waals surface area contributed by atoms with Crippen molar-refractivity contribution in [3.05, 3.63) is 70.4 Å². The smallest absolute Gasteiger partial charge is 0.363 e. The van der Waals surface area contributed by atoms with E-state index in [1.165, 1.54) is 0 Å². The summed E-state index contributed by atoms with van der Waals surface area (Å²) in [5.74, 6) is -0.147. The van der Waals surface area contributed by atoms with Gasteiger partial charge in [-0.15, -0.1) is 0 Å². The van der Waals surface area contributed by atoms with Crippen molar-refractivity contribution in [1.82, 2.24) is 0 Å². The van der Waals surface area contributed by atoms with Crippen LogP contribution < -0.4 is 4.90 Å². The van der Waals surface area contributed by atoms with Gasteiger partial charge >= 0.3 is 5.97 Å². The number of anilines is 1. The van der Waals surface area contributed by atoms with Crippen LogP contribution in [0.4, 0.5) is 5.69 Å². The molecule has 1 heterocycles. The van der Waals surface area contributed by atoms with E-state index < -0.39 is 5.97 Å². The van der Waals surface area contributed by atoms with Crippen molar-refractivity contribution in [3.8, 4) is 0 Å². The van der Waals surface area contributed by atoms with Gasteiger partial charge in [-0.25, -0.2) is 9.79 Å². The first kappa shape index (κ1) is 17.2. The molecule has 5 heteroatoms. The van der Waals surface area contributed by atoms with Crippen molar-refractivity contribution in [1.29, 1.82) is 0 Å². The minimum atomic E-state index is -0.446. The lowest BCUT2D eigenvalue weighted by Crippen LogP contribution is -2.21. The van der Waals surface area contributed by atoms with E-state index in [2.05, 4.69) is 29.8 Å². The van der Waals surface area contributed by atoms with Crippen LogP contribution in [0.5, 0.6) is 0 Å². The molecule has 0 bridgehead atoms. The van der Waals surface area contributed by atoms with Crippen LogP contribution in [-0.4, -0.2) is 25.0 Å². The summed E-state index contributed by atoms with van der Waals surface area (Å²) in [5.41, 5.74) is 3.05. The van der Waals surface area contributed by atoms with Gasteiger partial charge in [0.1, 0.15) is 0 Å². The summed E-state index contributed by atoms with van der Waals surface area (Å²) >= 11 is 5.88. The van der Waals surface area contributed by atoms with Gasteiger partial charge in [0.25, 0.3) is 0 Å². The van der Waals surface area contributed by atoms with Gasteiger partial charge < -0.3 is 9.64 Å². The number of cyclic esters (lactones) is 1. The molecule has 0 saturated heterocycles. The highest BCUT2D eigenvalue weighted by atomic mass is 35.5. The highest BCUT2D eigenvalue weighted by Crippen LogP contribution is 2.22. The summed E-state index contributed by atoms with van der Waals surface area (Å²) in [5, 5.41) is 0.623. The molecule has 1 aliphatic rings. The van der Waals surface area contributed by atoms with Crippen molar-refractivity contribution in [2.45, 2.75) is 13.8 Å². The Morgan fingerprint density at radius 1 is 1.12 bits per heavy atom. The monoisotopic (exact) mass is 354 g/mol. The van der Waals surface area contributed by atoms with Crippen molar-refractivity contribution >= 4 is 35.2 Å². The molecule has 0 saturated carbocycles. The summed E-state index contributed by atoms with van der Waals surface area (Å²) in [6.45, 7) is 6.09. The number of nitrogens with zero attached hydrogens (tertiary/aromatic N) is 2. The number of aliphatic imine (C=N–C) groups is 1. The maximum atomic E-state index is 12.1. The van der Waals surface area contributed by atoms with Gasteiger partial charge in [-0.2, -0.15) is 0 Å². The normalized spacial score (nSPS) is 15.2. The number of rotatable bonds is 5. The number of hydrogen-bond donors (Lipinski definition) is 0. The molecule has 0 amide bonds. The highest BCUT2D eigenvalue weighted by Gasteiger charge is 2.24. The lowest BCUT2D eigenvalue weighted by Gasteiger charge is -2.21. The van der Waals surface area contributed by atoms with E-state index in [1.54, 1.807) is 30.3 Å². The molecule has 25 heavy (non-hydrogen) atoms. The molecule has 0 spiro atoms. The Morgan fingerprint density at radius 2 is 1.84 bits per heavy atom. The number of benzene rings is 2. The quantitative estimate of drug-likeness (QED) is 0.585. The lowest BCUT2D eigenvalue weighted by atomic mass is 10.1.